The normalized spacial score (nSPS) is 12.1. The van der Waals surface area contributed by atoms with Gasteiger partial charge >= 0.3 is 5.71 Å². The molecule has 2 aromatic heterocycles. The number of rotatable bonds is 7. The molecule has 274 valence electrons. The molecule has 5 heteroatoms. The van der Waals surface area contributed by atoms with E-state index in [0.29, 0.717) is 0 Å². The van der Waals surface area contributed by atoms with Crippen molar-refractivity contribution in [2.75, 3.05) is 14.7 Å². The Bertz CT molecular complexity index is 3050. The summed E-state index contributed by atoms with van der Waals surface area (Å²) in [6, 6.07) is 77.3. The van der Waals surface area contributed by atoms with E-state index in [1.165, 1.54) is 0 Å². The van der Waals surface area contributed by atoms with Crippen LogP contribution >= 0.6 is 0 Å². The third kappa shape index (κ3) is 5.68. The van der Waals surface area contributed by atoms with Crippen molar-refractivity contribution in [2.24, 2.45) is 0 Å². The SMILES string of the molecule is c1ccc(N(c2ccc(-c3ccc4c(c3)N(c3ccccc3)c3ccccc3N4c3ccccc3)cc2)c2ccc(-[n+]3cccc4c5ccccc5oc43)cc2)cc1. The molecule has 0 saturated heterocycles. The van der Waals surface area contributed by atoms with Gasteiger partial charge in [-0.1, -0.05) is 103 Å². The van der Waals surface area contributed by atoms with Crippen molar-refractivity contribution < 1.29 is 8.98 Å². The summed E-state index contributed by atoms with van der Waals surface area (Å²) in [4.78, 5) is 7.06. The Balaban J connectivity index is 0.974. The quantitative estimate of drug-likeness (QED) is 0.152. The Morgan fingerprint density at radius 2 is 0.879 bits per heavy atom. The Labute approximate surface area is 337 Å². The van der Waals surface area contributed by atoms with Crippen molar-refractivity contribution in [3.05, 3.63) is 225 Å². The van der Waals surface area contributed by atoms with Gasteiger partial charge < -0.3 is 19.1 Å². The van der Waals surface area contributed by atoms with Crippen LogP contribution in [0.15, 0.2) is 229 Å². The predicted octanol–water partition coefficient (Wildman–Crippen LogP) is 14.3. The van der Waals surface area contributed by atoms with Gasteiger partial charge in [-0.15, -0.1) is 4.57 Å². The lowest BCUT2D eigenvalue weighted by Crippen LogP contribution is -2.30. The monoisotopic (exact) mass is 745 g/mol. The molecule has 5 nitrogen and oxygen atoms in total. The molecule has 0 aliphatic carbocycles. The van der Waals surface area contributed by atoms with Gasteiger partial charge in [0.1, 0.15) is 5.58 Å². The van der Waals surface area contributed by atoms with Crippen LogP contribution in [0.1, 0.15) is 0 Å². The molecule has 0 saturated carbocycles. The molecule has 0 fully saturated rings. The van der Waals surface area contributed by atoms with Gasteiger partial charge in [0, 0.05) is 52.0 Å². The molecule has 10 aromatic rings. The molecular formula is C53H37N4O+. The Hall–Kier alpha value is -7.89. The smallest absolute Gasteiger partial charge is 0.387 e. The van der Waals surface area contributed by atoms with Crippen LogP contribution in [0, 0.1) is 0 Å². The molecule has 3 heterocycles. The van der Waals surface area contributed by atoms with Crippen molar-refractivity contribution in [1.82, 2.24) is 0 Å². The Kier molecular flexibility index (Phi) is 8.07. The van der Waals surface area contributed by atoms with Gasteiger partial charge in [0.2, 0.25) is 5.69 Å². The largest absolute Gasteiger partial charge is 0.404 e. The number of hydrogen-bond donors (Lipinski definition) is 0. The molecule has 0 N–H and O–H groups in total. The average Bonchev–Trinajstić information content (AvgIpc) is 3.69. The molecular weight excluding hydrogens is 709 g/mol. The molecule has 11 rings (SSSR count). The first-order valence-electron chi connectivity index (χ1n) is 19.6. The van der Waals surface area contributed by atoms with E-state index in [4.69, 9.17) is 4.42 Å². The van der Waals surface area contributed by atoms with Crippen LogP contribution in [0.25, 0.3) is 38.9 Å². The van der Waals surface area contributed by atoms with Crippen molar-refractivity contribution in [2.45, 2.75) is 0 Å². The molecule has 0 amide bonds. The van der Waals surface area contributed by atoms with E-state index in [1.54, 1.807) is 0 Å². The maximum Gasteiger partial charge on any atom is 0.387 e. The maximum absolute atomic E-state index is 6.35. The second kappa shape index (κ2) is 14.0. The predicted molar refractivity (Wildman–Crippen MR) is 238 cm³/mol. The van der Waals surface area contributed by atoms with Crippen molar-refractivity contribution in [1.29, 1.82) is 0 Å². The van der Waals surface area contributed by atoms with Crippen LogP contribution in [-0.2, 0) is 0 Å². The van der Waals surface area contributed by atoms with Crippen molar-refractivity contribution in [3.8, 4) is 16.8 Å². The fourth-order valence-corrected chi connectivity index (χ4v) is 8.36. The lowest BCUT2D eigenvalue weighted by molar-refractivity contribution is -0.574. The summed E-state index contributed by atoms with van der Waals surface area (Å²) in [5.41, 5.74) is 15.0. The van der Waals surface area contributed by atoms with Crippen molar-refractivity contribution in [3.63, 3.8) is 0 Å². The van der Waals surface area contributed by atoms with Gasteiger partial charge in [-0.25, -0.2) is 0 Å². The number of fused-ring (bicyclic) bond motifs is 5. The lowest BCUT2D eigenvalue weighted by Gasteiger charge is -2.40. The van der Waals surface area contributed by atoms with E-state index in [2.05, 4.69) is 232 Å². The van der Waals surface area contributed by atoms with E-state index in [9.17, 15) is 0 Å². The summed E-state index contributed by atoms with van der Waals surface area (Å²) in [7, 11) is 0. The van der Waals surface area contributed by atoms with Gasteiger partial charge in [0.25, 0.3) is 0 Å². The zero-order chi connectivity index (χ0) is 38.4. The van der Waals surface area contributed by atoms with E-state index < -0.39 is 0 Å². The molecule has 1 aliphatic heterocycles. The third-order valence-corrected chi connectivity index (χ3v) is 11.0. The topological polar surface area (TPSA) is 26.7 Å². The van der Waals surface area contributed by atoms with Crippen LogP contribution in [0.4, 0.5) is 51.2 Å². The van der Waals surface area contributed by atoms with Crippen LogP contribution in [0.3, 0.4) is 0 Å². The van der Waals surface area contributed by atoms with Gasteiger partial charge in [0.05, 0.1) is 28.1 Å². The highest BCUT2D eigenvalue weighted by atomic mass is 16.3. The molecule has 0 bridgehead atoms. The molecule has 0 atom stereocenters. The van der Waals surface area contributed by atoms with Crippen molar-refractivity contribution >= 4 is 73.3 Å². The Morgan fingerprint density at radius 1 is 0.379 bits per heavy atom. The third-order valence-electron chi connectivity index (χ3n) is 11.0. The molecule has 0 radical (unpaired) electrons. The molecule has 0 unspecified atom stereocenters. The number of aromatic nitrogens is 1. The zero-order valence-corrected chi connectivity index (χ0v) is 31.6. The van der Waals surface area contributed by atoms with Gasteiger partial charge in [0.15, 0.2) is 6.20 Å². The second-order valence-electron chi connectivity index (χ2n) is 14.5. The number of anilines is 9. The average molecular weight is 746 g/mol. The first-order valence-corrected chi connectivity index (χ1v) is 19.6. The summed E-state index contributed by atoms with van der Waals surface area (Å²) < 4.78 is 8.47. The number of hydrogen-bond acceptors (Lipinski definition) is 4. The first-order chi connectivity index (χ1) is 28.8. The lowest BCUT2D eigenvalue weighted by atomic mass is 9.99. The minimum Gasteiger partial charge on any atom is -0.404 e. The van der Waals surface area contributed by atoms with Gasteiger partial charge in [-0.05, 0) is 108 Å². The van der Waals surface area contributed by atoms with E-state index in [0.717, 1.165) is 90.1 Å². The Morgan fingerprint density at radius 3 is 1.55 bits per heavy atom. The van der Waals surface area contributed by atoms with Crippen LogP contribution in [0.2, 0.25) is 0 Å². The van der Waals surface area contributed by atoms with Crippen LogP contribution < -0.4 is 19.3 Å². The first kappa shape index (κ1) is 33.4. The molecule has 0 spiro atoms. The molecule has 8 aromatic carbocycles. The van der Waals surface area contributed by atoms with Gasteiger partial charge in [-0.2, -0.15) is 0 Å². The summed E-state index contributed by atoms with van der Waals surface area (Å²) in [6.07, 6.45) is 2.06. The minimum atomic E-state index is 0.831. The minimum absolute atomic E-state index is 0.831. The summed E-state index contributed by atoms with van der Waals surface area (Å²) in [5.74, 6) is 0. The number of para-hydroxylation sites is 6. The summed E-state index contributed by atoms with van der Waals surface area (Å²) in [5, 5.41) is 2.21. The molecule has 58 heavy (non-hydrogen) atoms. The standard InChI is InChI=1S/C53H37N4O/c1-4-15-41(16-5-1)55(45-33-31-40(32-34-45)54-36-14-22-47-46-21-10-13-25-52(46)58-53(47)54)44-29-26-38(27-30-44)39-28-35-50-51(37-39)57(43-19-8-3-9-20-43)49-24-12-11-23-48(49)56(50)42-17-6-2-7-18-42/h1-37H/q+1. The summed E-state index contributed by atoms with van der Waals surface area (Å²) >= 11 is 0. The number of nitrogens with zero attached hydrogens (tertiary/aromatic N) is 4. The second-order valence-corrected chi connectivity index (χ2v) is 14.5. The van der Waals surface area contributed by atoms with Crippen LogP contribution in [-0.4, -0.2) is 0 Å². The van der Waals surface area contributed by atoms with Crippen LogP contribution in [0.5, 0.6) is 0 Å². The maximum atomic E-state index is 6.35. The highest BCUT2D eigenvalue weighted by Crippen LogP contribution is 2.54. The number of furan rings is 1. The number of pyridine rings is 1. The molecule has 1 aliphatic rings. The van der Waals surface area contributed by atoms with E-state index >= 15 is 0 Å². The zero-order valence-electron chi connectivity index (χ0n) is 31.6. The fraction of sp³-hybridized carbons (Fsp3) is 0. The highest BCUT2D eigenvalue weighted by molar-refractivity contribution is 6.03. The van der Waals surface area contributed by atoms with Gasteiger partial charge in [-0.3, -0.25) is 0 Å². The van der Waals surface area contributed by atoms with E-state index in [1.807, 2.05) is 12.1 Å². The highest BCUT2D eigenvalue weighted by Gasteiger charge is 2.30. The fourth-order valence-electron chi connectivity index (χ4n) is 8.36. The van der Waals surface area contributed by atoms with E-state index in [-0.39, 0.29) is 0 Å². The summed E-state index contributed by atoms with van der Waals surface area (Å²) in [6.45, 7) is 0. The number of benzene rings is 8.